The highest BCUT2D eigenvalue weighted by Gasteiger charge is 2.11. The largest absolute Gasteiger partial charge is 0.340 e. The molecule has 2 N–H and O–H groups in total. The molecule has 0 spiro atoms. The molecule has 0 saturated carbocycles. The highest BCUT2D eigenvalue weighted by Crippen LogP contribution is 2.27. The minimum absolute atomic E-state index is 0.473. The highest BCUT2D eigenvalue weighted by molar-refractivity contribution is 5.66. The maximum absolute atomic E-state index is 8.97. The number of pyridine rings is 1. The Labute approximate surface area is 209 Å². The Hall–Kier alpha value is -5.03. The van der Waals surface area contributed by atoms with Crippen LogP contribution in [0.4, 0.5) is 23.1 Å². The van der Waals surface area contributed by atoms with Gasteiger partial charge in [-0.25, -0.2) is 9.97 Å². The Morgan fingerprint density at radius 2 is 1.61 bits per heavy atom. The molecule has 5 rings (SSSR count). The van der Waals surface area contributed by atoms with E-state index in [4.69, 9.17) is 5.26 Å². The van der Waals surface area contributed by atoms with Gasteiger partial charge in [0.2, 0.25) is 5.95 Å². The number of imidazole rings is 1. The van der Waals surface area contributed by atoms with Crippen LogP contribution in [0.2, 0.25) is 0 Å². The van der Waals surface area contributed by atoms with Crippen molar-refractivity contribution in [3.63, 3.8) is 0 Å². The van der Waals surface area contributed by atoms with Crippen LogP contribution in [0.5, 0.6) is 0 Å². The fourth-order valence-corrected chi connectivity index (χ4v) is 4.11. The van der Waals surface area contributed by atoms with Gasteiger partial charge in [-0.2, -0.15) is 10.2 Å². The molecule has 0 aliphatic carbocycles. The second-order valence-corrected chi connectivity index (χ2v) is 8.42. The van der Waals surface area contributed by atoms with E-state index in [9.17, 15) is 0 Å². The summed E-state index contributed by atoms with van der Waals surface area (Å²) in [7, 11) is 0. The molecule has 0 radical (unpaired) electrons. The van der Waals surface area contributed by atoms with Crippen molar-refractivity contribution in [1.82, 2.24) is 24.5 Å². The van der Waals surface area contributed by atoms with E-state index in [1.807, 2.05) is 42.7 Å². The average molecular weight is 473 g/mol. The van der Waals surface area contributed by atoms with E-state index in [1.54, 1.807) is 30.7 Å². The quantitative estimate of drug-likeness (QED) is 0.310. The van der Waals surface area contributed by atoms with Gasteiger partial charge < -0.3 is 15.2 Å². The summed E-state index contributed by atoms with van der Waals surface area (Å²) in [6.45, 7) is 4.90. The van der Waals surface area contributed by atoms with Crippen molar-refractivity contribution in [2.45, 2.75) is 20.4 Å². The maximum Gasteiger partial charge on any atom is 0.229 e. The Morgan fingerprint density at radius 3 is 2.33 bits per heavy atom. The number of nitrogens with one attached hydrogen (secondary N) is 2. The first kappa shape index (κ1) is 22.7. The van der Waals surface area contributed by atoms with Crippen LogP contribution in [0.15, 0.2) is 85.6 Å². The molecule has 0 amide bonds. The summed E-state index contributed by atoms with van der Waals surface area (Å²) >= 11 is 0. The molecule has 0 saturated heterocycles. The Morgan fingerprint density at radius 1 is 0.861 bits per heavy atom. The van der Waals surface area contributed by atoms with Gasteiger partial charge in [0.05, 0.1) is 11.6 Å². The zero-order valence-corrected chi connectivity index (χ0v) is 20.0. The Balaban J connectivity index is 1.33. The molecule has 0 fully saturated rings. The van der Waals surface area contributed by atoms with Gasteiger partial charge in [-0.05, 0) is 73.0 Å². The molecule has 0 aliphatic heterocycles. The summed E-state index contributed by atoms with van der Waals surface area (Å²) in [6.07, 6.45) is 9.09. The van der Waals surface area contributed by atoms with Crippen molar-refractivity contribution in [3.05, 3.63) is 108 Å². The van der Waals surface area contributed by atoms with Crippen molar-refractivity contribution in [1.29, 1.82) is 5.26 Å². The van der Waals surface area contributed by atoms with Crippen LogP contribution < -0.4 is 10.6 Å². The number of hydrogen-bond donors (Lipinski definition) is 2. The lowest BCUT2D eigenvalue weighted by molar-refractivity contribution is 0.805. The molecule has 8 heteroatoms. The first-order valence-corrected chi connectivity index (χ1v) is 11.5. The van der Waals surface area contributed by atoms with Gasteiger partial charge in [0.15, 0.2) is 0 Å². The van der Waals surface area contributed by atoms with Crippen LogP contribution in [0.1, 0.15) is 22.3 Å². The number of anilines is 4. The maximum atomic E-state index is 8.97. The third-order valence-corrected chi connectivity index (χ3v) is 5.78. The fourth-order valence-electron chi connectivity index (χ4n) is 4.11. The summed E-state index contributed by atoms with van der Waals surface area (Å²) in [5.41, 5.74) is 6.90. The summed E-state index contributed by atoms with van der Waals surface area (Å²) in [5.74, 6) is 2.08. The molecule has 3 aromatic heterocycles. The smallest absolute Gasteiger partial charge is 0.229 e. The van der Waals surface area contributed by atoms with Crippen LogP contribution >= 0.6 is 0 Å². The first-order chi connectivity index (χ1) is 17.6. The predicted molar refractivity (Wildman–Crippen MR) is 140 cm³/mol. The fraction of sp³-hybridized carbons (Fsp3) is 0.107. The molecule has 5 aromatic rings. The number of nitrogens with zero attached hydrogens (tertiary/aromatic N) is 6. The molecule has 8 nitrogen and oxygen atoms in total. The molecular weight excluding hydrogens is 448 g/mol. The first-order valence-electron chi connectivity index (χ1n) is 11.5. The molecule has 36 heavy (non-hydrogen) atoms. The topological polar surface area (TPSA) is 104 Å². The molecule has 0 atom stereocenters. The third kappa shape index (κ3) is 5.05. The summed E-state index contributed by atoms with van der Waals surface area (Å²) in [5, 5.41) is 15.6. The second kappa shape index (κ2) is 10.1. The standard InChI is InChI=1S/C28H24N8/c1-19-15-22(18-36-14-13-31-27(36)23-7-10-30-11-8-23)16-20(2)26(19)34-25-9-12-32-28(35-25)33-24-5-3-21(17-29)4-6-24/h3-16H,18H2,1-2H3,(H2,32,33,34,35). The van der Waals surface area contributed by atoms with Crippen molar-refractivity contribution >= 4 is 23.1 Å². The third-order valence-electron chi connectivity index (χ3n) is 5.78. The highest BCUT2D eigenvalue weighted by atomic mass is 15.1. The van der Waals surface area contributed by atoms with Gasteiger partial charge in [-0.1, -0.05) is 12.1 Å². The minimum Gasteiger partial charge on any atom is -0.340 e. The van der Waals surface area contributed by atoms with Gasteiger partial charge >= 0.3 is 0 Å². The van der Waals surface area contributed by atoms with Crippen molar-refractivity contribution in [2.24, 2.45) is 0 Å². The number of nitriles is 1. The Bertz CT molecular complexity index is 1510. The van der Waals surface area contributed by atoms with E-state index in [0.717, 1.165) is 33.9 Å². The normalized spacial score (nSPS) is 10.6. The van der Waals surface area contributed by atoms with Crippen LogP contribution in [-0.2, 0) is 6.54 Å². The van der Waals surface area contributed by atoms with E-state index in [-0.39, 0.29) is 0 Å². The van der Waals surface area contributed by atoms with Gasteiger partial charge in [0.1, 0.15) is 11.6 Å². The predicted octanol–water partition coefficient (Wildman–Crippen LogP) is 5.76. The molecule has 2 aromatic carbocycles. The van der Waals surface area contributed by atoms with E-state index in [1.165, 1.54) is 5.56 Å². The summed E-state index contributed by atoms with van der Waals surface area (Å²) < 4.78 is 2.14. The van der Waals surface area contributed by atoms with Gasteiger partial charge in [-0.15, -0.1) is 0 Å². The van der Waals surface area contributed by atoms with Crippen LogP contribution in [0.3, 0.4) is 0 Å². The van der Waals surface area contributed by atoms with Crippen LogP contribution in [0, 0.1) is 25.2 Å². The van der Waals surface area contributed by atoms with E-state index in [2.05, 4.69) is 67.2 Å². The SMILES string of the molecule is Cc1cc(Cn2ccnc2-c2ccncc2)cc(C)c1Nc1ccnc(Nc2ccc(C#N)cc2)n1. The molecule has 0 aliphatic rings. The molecule has 3 heterocycles. The zero-order valence-electron chi connectivity index (χ0n) is 20.0. The summed E-state index contributed by atoms with van der Waals surface area (Å²) in [4.78, 5) is 17.6. The molecule has 176 valence electrons. The lowest BCUT2D eigenvalue weighted by atomic mass is 10.0. The van der Waals surface area contributed by atoms with Gasteiger partial charge in [-0.3, -0.25) is 4.98 Å². The number of rotatable bonds is 7. The van der Waals surface area contributed by atoms with Crippen molar-refractivity contribution < 1.29 is 0 Å². The zero-order chi connectivity index (χ0) is 24.9. The van der Waals surface area contributed by atoms with Crippen molar-refractivity contribution in [2.75, 3.05) is 10.6 Å². The molecular formula is C28H24N8. The van der Waals surface area contributed by atoms with Gasteiger partial charge in [0.25, 0.3) is 0 Å². The Kier molecular flexibility index (Phi) is 6.36. The molecule has 0 unspecified atom stereocenters. The van der Waals surface area contributed by atoms with E-state index < -0.39 is 0 Å². The minimum atomic E-state index is 0.473. The number of hydrogen-bond acceptors (Lipinski definition) is 7. The van der Waals surface area contributed by atoms with Crippen molar-refractivity contribution in [3.8, 4) is 17.5 Å². The second-order valence-electron chi connectivity index (χ2n) is 8.42. The number of aromatic nitrogens is 5. The average Bonchev–Trinajstić information content (AvgIpc) is 3.35. The number of benzene rings is 2. The van der Waals surface area contributed by atoms with Crippen LogP contribution in [-0.4, -0.2) is 24.5 Å². The van der Waals surface area contributed by atoms with E-state index >= 15 is 0 Å². The van der Waals surface area contributed by atoms with Gasteiger partial charge in [0, 0.05) is 54.5 Å². The lowest BCUT2D eigenvalue weighted by Gasteiger charge is -2.16. The molecule has 0 bridgehead atoms. The lowest BCUT2D eigenvalue weighted by Crippen LogP contribution is -2.05. The van der Waals surface area contributed by atoms with E-state index in [0.29, 0.717) is 23.9 Å². The van der Waals surface area contributed by atoms with Crippen LogP contribution in [0.25, 0.3) is 11.4 Å². The monoisotopic (exact) mass is 472 g/mol. The number of aryl methyl sites for hydroxylation is 2. The summed E-state index contributed by atoms with van der Waals surface area (Å²) in [6, 6.07) is 19.4.